The predicted molar refractivity (Wildman–Crippen MR) is 123 cm³/mol. The number of hydrogen-bond donors (Lipinski definition) is 1. The zero-order chi connectivity index (χ0) is 24.6. The van der Waals surface area contributed by atoms with Crippen molar-refractivity contribution in [3.63, 3.8) is 0 Å². The van der Waals surface area contributed by atoms with Crippen molar-refractivity contribution in [2.45, 2.75) is 5.16 Å². The number of aromatic nitrogens is 4. The number of methoxy groups -OCH3 is 2. The van der Waals surface area contributed by atoms with E-state index in [9.17, 15) is 16.8 Å². The summed E-state index contributed by atoms with van der Waals surface area (Å²) >= 11 is 12.6. The second kappa shape index (κ2) is 9.46. The molecule has 16 heteroatoms. The van der Waals surface area contributed by atoms with Crippen LogP contribution in [0.4, 0.5) is 5.69 Å². The van der Waals surface area contributed by atoms with Gasteiger partial charge in [-0.05, 0) is 6.07 Å². The van der Waals surface area contributed by atoms with E-state index in [0.29, 0.717) is 0 Å². The first-order valence-corrected chi connectivity index (χ1v) is 13.2. The molecule has 0 aliphatic rings. The van der Waals surface area contributed by atoms with Crippen LogP contribution in [0.15, 0.2) is 23.6 Å². The van der Waals surface area contributed by atoms with Gasteiger partial charge in [0, 0.05) is 32.5 Å². The number of anilines is 1. The molecule has 0 bridgehead atoms. The monoisotopic (exact) mass is 538 g/mol. The minimum Gasteiger partial charge on any atom is -0.477 e. The van der Waals surface area contributed by atoms with E-state index in [1.165, 1.54) is 44.3 Å². The van der Waals surface area contributed by atoms with Gasteiger partial charge in [0.1, 0.15) is 5.52 Å². The van der Waals surface area contributed by atoms with Crippen molar-refractivity contribution in [2.24, 2.45) is 7.05 Å². The number of imidazole rings is 1. The molecule has 3 aromatic rings. The normalized spacial score (nSPS) is 12.2. The van der Waals surface area contributed by atoms with E-state index in [4.69, 9.17) is 32.7 Å². The fourth-order valence-corrected chi connectivity index (χ4v) is 5.54. The highest BCUT2D eigenvalue weighted by atomic mass is 35.5. The van der Waals surface area contributed by atoms with Crippen LogP contribution in [-0.4, -0.2) is 69.9 Å². The topological polar surface area (TPSA) is 146 Å². The highest BCUT2D eigenvalue weighted by Crippen LogP contribution is 2.41. The Morgan fingerprint density at radius 1 is 1.12 bits per heavy atom. The molecular formula is C17H20Cl2N6O6S2. The van der Waals surface area contributed by atoms with Crippen LogP contribution in [-0.2, 0) is 27.1 Å². The molecular weight excluding hydrogens is 519 g/mol. The smallest absolute Gasteiger partial charge is 0.278 e. The molecule has 2 aromatic heterocycles. The summed E-state index contributed by atoms with van der Waals surface area (Å²) in [5.74, 6) is 0.0525. The fourth-order valence-electron chi connectivity index (χ4n) is 2.99. The van der Waals surface area contributed by atoms with Crippen LogP contribution in [0.1, 0.15) is 0 Å². The number of fused-ring (bicyclic) bond motifs is 1. The minimum absolute atomic E-state index is 0.00595. The number of ether oxygens (including phenoxy) is 2. The van der Waals surface area contributed by atoms with Crippen molar-refractivity contribution in [3.05, 3.63) is 28.5 Å². The molecule has 0 saturated heterocycles. The van der Waals surface area contributed by atoms with Gasteiger partial charge < -0.3 is 14.0 Å². The molecule has 2 heterocycles. The van der Waals surface area contributed by atoms with Crippen LogP contribution in [0.25, 0.3) is 11.0 Å². The van der Waals surface area contributed by atoms with Gasteiger partial charge in [-0.15, -0.1) is 0 Å². The Kier molecular flexibility index (Phi) is 7.24. The third kappa shape index (κ3) is 5.09. The highest BCUT2D eigenvalue weighted by molar-refractivity contribution is 7.92. The first kappa shape index (κ1) is 25.2. The van der Waals surface area contributed by atoms with Gasteiger partial charge in [-0.2, -0.15) is 0 Å². The summed E-state index contributed by atoms with van der Waals surface area (Å²) in [4.78, 5) is 12.3. The Morgan fingerprint density at radius 3 is 2.30 bits per heavy atom. The van der Waals surface area contributed by atoms with Gasteiger partial charge in [0.2, 0.25) is 15.2 Å². The number of benzene rings is 1. The number of sulfonamides is 2. The van der Waals surface area contributed by atoms with Gasteiger partial charge in [0.15, 0.2) is 0 Å². The molecule has 0 atom stereocenters. The third-order valence-corrected chi connectivity index (χ3v) is 7.83. The summed E-state index contributed by atoms with van der Waals surface area (Å²) in [6.07, 6.45) is 3.74. The Bertz CT molecular complexity index is 1410. The van der Waals surface area contributed by atoms with Gasteiger partial charge in [-0.1, -0.05) is 23.2 Å². The van der Waals surface area contributed by atoms with Crippen molar-refractivity contribution in [2.75, 3.05) is 37.9 Å². The summed E-state index contributed by atoms with van der Waals surface area (Å²) in [6.45, 7) is -0.624. The SMILES string of the molecule is COc1nc2cc(Cl)c(Cl)c(N(CCNS(=O)(=O)c3nccn3C)S(C)(=O)=O)c2nc1OC. The van der Waals surface area contributed by atoms with E-state index in [-0.39, 0.29) is 56.8 Å². The molecule has 0 spiro atoms. The summed E-state index contributed by atoms with van der Waals surface area (Å²) in [5.41, 5.74) is 0.185. The Morgan fingerprint density at radius 2 is 1.76 bits per heavy atom. The molecule has 3 rings (SSSR count). The van der Waals surface area contributed by atoms with Crippen molar-refractivity contribution >= 4 is 60.0 Å². The summed E-state index contributed by atoms with van der Waals surface area (Å²) in [5, 5.41) is -0.312. The number of halogens is 2. The first-order valence-electron chi connectivity index (χ1n) is 9.13. The number of rotatable bonds is 9. The van der Waals surface area contributed by atoms with Gasteiger partial charge in [0.25, 0.3) is 21.8 Å². The van der Waals surface area contributed by atoms with Gasteiger partial charge in [-0.3, -0.25) is 4.31 Å². The van der Waals surface area contributed by atoms with Crippen LogP contribution >= 0.6 is 23.2 Å². The Balaban J connectivity index is 2.07. The number of aryl methyl sites for hydroxylation is 1. The number of hydrogen-bond acceptors (Lipinski definition) is 9. The maximum Gasteiger partial charge on any atom is 0.278 e. The lowest BCUT2D eigenvalue weighted by Crippen LogP contribution is -2.39. The average Bonchev–Trinajstić information content (AvgIpc) is 3.18. The fraction of sp³-hybridized carbons (Fsp3) is 0.353. The summed E-state index contributed by atoms with van der Waals surface area (Å²) < 4.78 is 65.2. The van der Waals surface area contributed by atoms with Crippen LogP contribution in [0.2, 0.25) is 10.0 Å². The molecule has 180 valence electrons. The van der Waals surface area contributed by atoms with E-state index < -0.39 is 20.0 Å². The van der Waals surface area contributed by atoms with E-state index >= 15 is 0 Å². The number of nitrogens with one attached hydrogen (secondary N) is 1. The molecule has 0 amide bonds. The van der Waals surface area contributed by atoms with E-state index in [0.717, 1.165) is 10.6 Å². The van der Waals surface area contributed by atoms with Gasteiger partial charge in [0.05, 0.1) is 41.7 Å². The van der Waals surface area contributed by atoms with Gasteiger partial charge in [-0.25, -0.2) is 36.5 Å². The lowest BCUT2D eigenvalue weighted by molar-refractivity contribution is 0.334. The van der Waals surface area contributed by atoms with Crippen LogP contribution in [0.5, 0.6) is 11.8 Å². The molecule has 1 N–H and O–H groups in total. The largest absolute Gasteiger partial charge is 0.477 e. The second-order valence-electron chi connectivity index (χ2n) is 6.68. The predicted octanol–water partition coefficient (Wildman–Crippen LogP) is 1.43. The molecule has 0 aliphatic carbocycles. The Labute approximate surface area is 200 Å². The molecule has 0 unspecified atom stereocenters. The molecule has 33 heavy (non-hydrogen) atoms. The summed E-state index contributed by atoms with van der Waals surface area (Å²) in [6, 6.07) is 1.40. The third-order valence-electron chi connectivity index (χ3n) is 4.43. The van der Waals surface area contributed by atoms with Crippen LogP contribution < -0.4 is 18.5 Å². The maximum absolute atomic E-state index is 12.7. The van der Waals surface area contributed by atoms with Crippen molar-refractivity contribution in [1.82, 2.24) is 24.2 Å². The molecule has 1 aromatic carbocycles. The number of nitrogens with zero attached hydrogens (tertiary/aromatic N) is 5. The maximum atomic E-state index is 12.7. The zero-order valence-electron chi connectivity index (χ0n) is 17.9. The van der Waals surface area contributed by atoms with E-state index in [1.54, 1.807) is 0 Å². The standard InChI is InChI=1S/C17H20Cl2N6O6S2/c1-24-7-5-20-17(24)33(28,29)21-6-8-25(32(4,26)27)14-12(19)10(18)9-11-13(14)23-16(31-3)15(22-11)30-2/h5,7,9,21H,6,8H2,1-4H3. The quantitative estimate of drug-likeness (QED) is 0.427. The molecule has 12 nitrogen and oxygen atoms in total. The molecule has 0 fully saturated rings. The Hall–Kier alpha value is -2.39. The van der Waals surface area contributed by atoms with Crippen molar-refractivity contribution < 1.29 is 26.3 Å². The minimum atomic E-state index is -3.99. The highest BCUT2D eigenvalue weighted by Gasteiger charge is 2.28. The zero-order valence-corrected chi connectivity index (χ0v) is 21.0. The van der Waals surface area contributed by atoms with Crippen molar-refractivity contribution in [3.8, 4) is 11.8 Å². The van der Waals surface area contributed by atoms with Crippen molar-refractivity contribution in [1.29, 1.82) is 0 Å². The average molecular weight is 539 g/mol. The summed E-state index contributed by atoms with van der Waals surface area (Å²) in [7, 11) is -3.74. The van der Waals surface area contributed by atoms with E-state index in [2.05, 4.69) is 19.7 Å². The molecule has 0 saturated carbocycles. The second-order valence-corrected chi connectivity index (χ2v) is 11.0. The first-order chi connectivity index (χ1) is 15.4. The lowest BCUT2D eigenvalue weighted by Gasteiger charge is -2.25. The molecule has 0 radical (unpaired) electrons. The van der Waals surface area contributed by atoms with Crippen LogP contribution in [0.3, 0.4) is 0 Å². The van der Waals surface area contributed by atoms with Crippen LogP contribution in [0, 0.1) is 0 Å². The van der Waals surface area contributed by atoms with E-state index in [1.807, 2.05) is 0 Å². The molecule has 0 aliphatic heterocycles. The lowest BCUT2D eigenvalue weighted by atomic mass is 10.2. The van der Waals surface area contributed by atoms with Gasteiger partial charge >= 0.3 is 0 Å².